The number of hydrogen-bond donors (Lipinski definition) is 4. The largest absolute Gasteiger partial charge is 0.390 e. The molecule has 0 aliphatic heterocycles. The first-order valence-corrected chi connectivity index (χ1v) is 13.5. The second-order valence-corrected chi connectivity index (χ2v) is 10.1. The number of nitrogens with zero attached hydrogens (tertiary/aromatic N) is 4. The Kier molecular flexibility index (Phi) is 9.56. The summed E-state index contributed by atoms with van der Waals surface area (Å²) in [4.78, 5) is 25.6. The van der Waals surface area contributed by atoms with Crippen LogP contribution < -0.4 is 10.6 Å². The van der Waals surface area contributed by atoms with E-state index >= 15 is 0 Å². The van der Waals surface area contributed by atoms with Crippen LogP contribution in [0, 0.1) is 5.92 Å². The molecule has 1 amide bonds. The van der Waals surface area contributed by atoms with E-state index in [1.807, 2.05) is 6.92 Å². The zero-order valence-electron chi connectivity index (χ0n) is 20.5. The Labute approximate surface area is 204 Å². The van der Waals surface area contributed by atoms with Gasteiger partial charge in [-0.1, -0.05) is 0 Å². The van der Waals surface area contributed by atoms with Gasteiger partial charge in [0.05, 0.1) is 38.3 Å². The van der Waals surface area contributed by atoms with Crippen LogP contribution in [-0.2, 0) is 23.1 Å². The Morgan fingerprint density at radius 3 is 2.49 bits per heavy atom. The zero-order valence-corrected chi connectivity index (χ0v) is 21.4. The normalized spacial score (nSPS) is 23.5. The third-order valence-electron chi connectivity index (χ3n) is 5.78. The highest BCUT2D eigenvalue weighted by Crippen LogP contribution is 2.54. The number of carbonyl (C=O) groups excluding carboxylic acids is 1. The van der Waals surface area contributed by atoms with E-state index in [4.69, 9.17) is 13.8 Å². The molecule has 2 heterocycles. The van der Waals surface area contributed by atoms with E-state index in [9.17, 15) is 19.6 Å². The summed E-state index contributed by atoms with van der Waals surface area (Å²) in [6, 6.07) is -0.540. The highest BCUT2D eigenvalue weighted by molar-refractivity contribution is 7.55. The fraction of sp³-hybridized carbons (Fsp3) is 0.714. The maximum Gasteiger partial charge on any atom is 0.368 e. The quantitative estimate of drug-likeness (QED) is 0.284. The lowest BCUT2D eigenvalue weighted by atomic mass is 10.1. The average molecular weight is 515 g/mol. The van der Waals surface area contributed by atoms with Gasteiger partial charge in [0, 0.05) is 19.0 Å². The maximum atomic E-state index is 13.3. The Bertz CT molecular complexity index is 1030. The lowest BCUT2D eigenvalue weighted by Crippen LogP contribution is -2.39. The lowest BCUT2D eigenvalue weighted by molar-refractivity contribution is -0.130. The van der Waals surface area contributed by atoms with Crippen LogP contribution in [0.15, 0.2) is 12.7 Å². The summed E-state index contributed by atoms with van der Waals surface area (Å²) < 4.78 is 31.4. The highest BCUT2D eigenvalue weighted by Gasteiger charge is 2.46. The molecule has 1 aliphatic carbocycles. The first-order chi connectivity index (χ1) is 16.8. The van der Waals surface area contributed by atoms with Gasteiger partial charge < -0.3 is 39.2 Å². The van der Waals surface area contributed by atoms with E-state index in [1.165, 1.54) is 6.33 Å². The van der Waals surface area contributed by atoms with Gasteiger partial charge in [0.2, 0.25) is 5.85 Å². The average Bonchev–Trinajstić information content (AvgIpc) is 3.37. The molecule has 1 aliphatic rings. The molecule has 1 fully saturated rings. The predicted octanol–water partition coefficient (Wildman–Crippen LogP) is 1.29. The number of aliphatic hydroxyl groups is 2. The van der Waals surface area contributed by atoms with Gasteiger partial charge in [0.15, 0.2) is 11.5 Å². The van der Waals surface area contributed by atoms with Gasteiger partial charge in [-0.25, -0.2) is 15.0 Å². The van der Waals surface area contributed by atoms with Gasteiger partial charge in [-0.15, -0.1) is 0 Å². The van der Waals surface area contributed by atoms with Crippen LogP contribution in [0.4, 0.5) is 5.82 Å². The van der Waals surface area contributed by atoms with Crippen molar-refractivity contribution in [3.05, 3.63) is 12.7 Å². The number of carbonyl (C=O) groups is 1. The smallest absolute Gasteiger partial charge is 0.368 e. The van der Waals surface area contributed by atoms with E-state index in [0.717, 1.165) is 0 Å². The van der Waals surface area contributed by atoms with Gasteiger partial charge in [-0.2, -0.15) is 0 Å². The fourth-order valence-electron chi connectivity index (χ4n) is 4.25. The monoisotopic (exact) mass is 514 g/mol. The number of amides is 1. The number of aromatic nitrogens is 4. The number of anilines is 1. The molecule has 0 radical (unpaired) electrons. The van der Waals surface area contributed by atoms with Gasteiger partial charge in [0.25, 0.3) is 5.91 Å². The third kappa shape index (κ3) is 5.82. The molecule has 196 valence electrons. The van der Waals surface area contributed by atoms with Gasteiger partial charge in [-0.3, -0.25) is 9.36 Å². The summed E-state index contributed by atoms with van der Waals surface area (Å²) in [7, 11) is -3.93. The number of imidazole rings is 1. The van der Waals surface area contributed by atoms with Crippen LogP contribution in [0.3, 0.4) is 0 Å². The predicted molar refractivity (Wildman–Crippen MR) is 128 cm³/mol. The number of aliphatic hydroxyl groups excluding tert-OH is 2. The van der Waals surface area contributed by atoms with E-state index in [0.29, 0.717) is 36.5 Å². The molecule has 0 spiro atoms. The number of nitrogens with one attached hydrogen (secondary N) is 2. The van der Waals surface area contributed by atoms with E-state index in [2.05, 4.69) is 25.6 Å². The highest BCUT2D eigenvalue weighted by atomic mass is 31.2. The molecule has 0 aromatic carbocycles. The molecule has 2 aromatic heterocycles. The van der Waals surface area contributed by atoms with Crippen molar-refractivity contribution in [2.24, 2.45) is 5.92 Å². The minimum absolute atomic E-state index is 0.0633. The first-order valence-electron chi connectivity index (χ1n) is 11.9. The molecule has 0 bridgehead atoms. The zero-order chi connectivity index (χ0) is 25.6. The maximum absolute atomic E-state index is 13.3. The molecule has 1 saturated carbocycles. The van der Waals surface area contributed by atoms with Gasteiger partial charge >= 0.3 is 7.60 Å². The molecule has 14 heteroatoms. The van der Waals surface area contributed by atoms with Crippen LogP contribution in [0.1, 0.15) is 40.2 Å². The summed E-state index contributed by atoms with van der Waals surface area (Å²) in [5.41, 5.74) is 1.08. The summed E-state index contributed by atoms with van der Waals surface area (Å²) in [6.07, 6.45) is 0.990. The van der Waals surface area contributed by atoms with E-state index < -0.39 is 43.5 Å². The number of likely N-dealkylation sites (N-methyl/N-ethyl adjacent to an activating group) is 1. The first kappa shape index (κ1) is 27.4. The topological polar surface area (TPSA) is 170 Å². The second-order valence-electron chi connectivity index (χ2n) is 8.08. The van der Waals surface area contributed by atoms with Crippen molar-refractivity contribution in [3.8, 4) is 0 Å². The van der Waals surface area contributed by atoms with Crippen LogP contribution in [0.2, 0.25) is 0 Å². The third-order valence-corrected chi connectivity index (χ3v) is 7.97. The summed E-state index contributed by atoms with van der Waals surface area (Å²) in [6.45, 7) is 7.88. The molecular formula is C21H35N6O7P. The Balaban J connectivity index is 1.80. The van der Waals surface area contributed by atoms with Crippen molar-refractivity contribution < 1.29 is 33.4 Å². The number of hydrogen-bond acceptors (Lipinski definition) is 11. The summed E-state index contributed by atoms with van der Waals surface area (Å²) in [5, 5.41) is 27.3. The number of fused-ring (bicyclic) bond motifs is 1. The second kappa shape index (κ2) is 12.2. The van der Waals surface area contributed by atoms with Crippen molar-refractivity contribution in [1.29, 1.82) is 0 Å². The minimum atomic E-state index is -3.93. The van der Waals surface area contributed by atoms with Gasteiger partial charge in [-0.05, 0) is 34.1 Å². The standard InChI is InChI=1S/C21H35N6O7P/c1-5-22-18-15-19(25-11-24-18)27(12-26-15)14-9-13(16(28)17(14)29)10-32-21(20(30)23-6-2)35(31,33-7-3)34-8-4/h11-14,16-17,21,28-29H,5-10H2,1-4H3,(H,23,30)(H,22,24,25)/t13-,14-,16-,17+,21?/m1/s1. The van der Waals surface area contributed by atoms with Crippen molar-refractivity contribution in [1.82, 2.24) is 24.8 Å². The van der Waals surface area contributed by atoms with E-state index in [-0.39, 0.29) is 19.8 Å². The summed E-state index contributed by atoms with van der Waals surface area (Å²) in [5.74, 6) is -2.11. The van der Waals surface area contributed by atoms with Gasteiger partial charge in [0.1, 0.15) is 17.9 Å². The summed E-state index contributed by atoms with van der Waals surface area (Å²) >= 11 is 0. The van der Waals surface area contributed by atoms with Crippen molar-refractivity contribution in [2.75, 3.05) is 38.2 Å². The Morgan fingerprint density at radius 2 is 1.86 bits per heavy atom. The van der Waals surface area contributed by atoms with Crippen LogP contribution in [0.5, 0.6) is 0 Å². The molecule has 5 atom stereocenters. The van der Waals surface area contributed by atoms with Crippen LogP contribution >= 0.6 is 7.60 Å². The van der Waals surface area contributed by atoms with Crippen molar-refractivity contribution in [2.45, 2.75) is 58.2 Å². The number of ether oxygens (including phenoxy) is 1. The Hall–Kier alpha value is -2.15. The number of rotatable bonds is 13. The van der Waals surface area contributed by atoms with Crippen LogP contribution in [0.25, 0.3) is 11.2 Å². The molecule has 2 aromatic rings. The molecular weight excluding hydrogens is 479 g/mol. The Morgan fingerprint density at radius 1 is 1.14 bits per heavy atom. The molecule has 1 unspecified atom stereocenters. The molecule has 0 saturated heterocycles. The SMILES string of the molecule is CCNC(=O)C(OC[C@H]1C[C@@H](n2cnc3c(NCC)ncnc32)[C@H](O)[C@@H]1O)P(=O)(OCC)OCC. The minimum Gasteiger partial charge on any atom is -0.390 e. The van der Waals surface area contributed by atoms with Crippen molar-refractivity contribution in [3.63, 3.8) is 0 Å². The van der Waals surface area contributed by atoms with E-state index in [1.54, 1.807) is 31.7 Å². The van der Waals surface area contributed by atoms with Crippen molar-refractivity contribution >= 4 is 30.5 Å². The fourth-order valence-corrected chi connectivity index (χ4v) is 5.96. The van der Waals surface area contributed by atoms with Crippen LogP contribution in [-0.4, -0.2) is 86.6 Å². The molecule has 4 N–H and O–H groups in total. The lowest BCUT2D eigenvalue weighted by Gasteiger charge is -2.27. The molecule has 13 nitrogen and oxygen atoms in total. The molecule has 35 heavy (non-hydrogen) atoms. The molecule has 3 rings (SSSR count).